The number of ether oxygens (including phenoxy) is 1. The molecule has 7 heteroatoms. The molecule has 0 spiro atoms. The average molecular weight is 310 g/mol. The molecule has 0 radical (unpaired) electrons. The minimum absolute atomic E-state index is 0.270. The quantitative estimate of drug-likeness (QED) is 0.881. The lowest BCUT2D eigenvalue weighted by molar-refractivity contribution is -0.111. The molecule has 104 valence electrons. The molecule has 20 heavy (non-hydrogen) atoms. The normalized spacial score (nSPS) is 10.8. The van der Waals surface area contributed by atoms with Crippen molar-refractivity contribution in [3.8, 4) is 5.75 Å². The molecule has 0 saturated heterocycles. The monoisotopic (exact) mass is 309 g/mol. The number of hydrogen-bond donors (Lipinski definition) is 1. The van der Waals surface area contributed by atoms with Gasteiger partial charge in [-0.1, -0.05) is 29.0 Å². The number of amides is 1. The van der Waals surface area contributed by atoms with Crippen LogP contribution < -0.4 is 10.1 Å². The van der Waals surface area contributed by atoms with E-state index in [-0.39, 0.29) is 5.91 Å². The number of hydrogen-bond acceptors (Lipinski definition) is 5. The van der Waals surface area contributed by atoms with Gasteiger partial charge in [0, 0.05) is 6.08 Å². The molecule has 5 nitrogen and oxygen atoms in total. The van der Waals surface area contributed by atoms with E-state index in [0.717, 1.165) is 10.6 Å². The van der Waals surface area contributed by atoms with Gasteiger partial charge in [-0.3, -0.25) is 10.1 Å². The van der Waals surface area contributed by atoms with E-state index in [9.17, 15) is 4.79 Å². The van der Waals surface area contributed by atoms with Gasteiger partial charge in [-0.2, -0.15) is 0 Å². The first-order valence-electron chi connectivity index (χ1n) is 5.71. The van der Waals surface area contributed by atoms with Crippen LogP contribution in [0.1, 0.15) is 10.6 Å². The number of nitrogens with zero attached hydrogens (tertiary/aromatic N) is 2. The van der Waals surface area contributed by atoms with E-state index in [4.69, 9.17) is 16.3 Å². The predicted molar refractivity (Wildman–Crippen MR) is 80.3 cm³/mol. The molecule has 0 saturated carbocycles. The summed E-state index contributed by atoms with van der Waals surface area (Å²) in [5.41, 5.74) is 0.805. The second-order valence-electron chi connectivity index (χ2n) is 3.84. The van der Waals surface area contributed by atoms with Gasteiger partial charge in [0.05, 0.1) is 12.1 Å². The number of aromatic nitrogens is 2. The summed E-state index contributed by atoms with van der Waals surface area (Å²) in [6, 6.07) is 5.27. The highest BCUT2D eigenvalue weighted by Gasteiger charge is 2.03. The first-order valence-corrected chi connectivity index (χ1v) is 6.90. The number of anilines is 1. The van der Waals surface area contributed by atoms with Crippen molar-refractivity contribution in [2.24, 2.45) is 0 Å². The Balaban J connectivity index is 2.01. The van der Waals surface area contributed by atoms with Crippen LogP contribution >= 0.6 is 22.9 Å². The lowest BCUT2D eigenvalue weighted by Gasteiger charge is -2.02. The zero-order chi connectivity index (χ0) is 14.5. The molecule has 0 aliphatic heterocycles. The molecular weight excluding hydrogens is 298 g/mol. The fraction of sp³-hybridized carbons (Fsp3) is 0.154. The van der Waals surface area contributed by atoms with Crippen LogP contribution in [-0.2, 0) is 4.79 Å². The Morgan fingerprint density at radius 2 is 2.25 bits per heavy atom. The molecule has 1 aromatic carbocycles. The zero-order valence-electron chi connectivity index (χ0n) is 10.9. The highest BCUT2D eigenvalue weighted by Crippen LogP contribution is 2.25. The molecule has 1 amide bonds. The minimum atomic E-state index is -0.270. The maximum absolute atomic E-state index is 11.7. The van der Waals surface area contributed by atoms with Crippen LogP contribution in [0.3, 0.4) is 0 Å². The van der Waals surface area contributed by atoms with Gasteiger partial charge in [-0.05, 0) is 30.7 Å². The van der Waals surface area contributed by atoms with Gasteiger partial charge in [-0.25, -0.2) is 0 Å². The standard InChI is InChI=1S/C13H12ClN3O2S/c1-8-16-17-13(20-8)15-12(18)6-4-9-3-5-11(19-2)10(14)7-9/h3-7H,1-2H3,(H,15,17,18)/b6-4+. The lowest BCUT2D eigenvalue weighted by Crippen LogP contribution is -2.07. The number of carbonyl (C=O) groups is 1. The summed E-state index contributed by atoms with van der Waals surface area (Å²) in [5.74, 6) is 0.325. The summed E-state index contributed by atoms with van der Waals surface area (Å²) in [6.07, 6.45) is 3.07. The van der Waals surface area contributed by atoms with Gasteiger partial charge in [0.25, 0.3) is 0 Å². The molecule has 0 aliphatic carbocycles. The van der Waals surface area contributed by atoms with Crippen molar-refractivity contribution < 1.29 is 9.53 Å². The second kappa shape index (κ2) is 6.49. The molecular formula is C13H12ClN3O2S. The molecule has 1 aromatic heterocycles. The van der Waals surface area contributed by atoms with Crippen molar-refractivity contribution in [2.75, 3.05) is 12.4 Å². The van der Waals surface area contributed by atoms with Gasteiger partial charge in [-0.15, -0.1) is 10.2 Å². The van der Waals surface area contributed by atoms with Crippen molar-refractivity contribution in [3.63, 3.8) is 0 Å². The maximum atomic E-state index is 11.7. The van der Waals surface area contributed by atoms with E-state index >= 15 is 0 Å². The summed E-state index contributed by atoms with van der Waals surface area (Å²) in [7, 11) is 1.55. The summed E-state index contributed by atoms with van der Waals surface area (Å²) in [6.45, 7) is 1.82. The van der Waals surface area contributed by atoms with Crippen molar-refractivity contribution >= 4 is 40.1 Å². The third-order valence-electron chi connectivity index (χ3n) is 2.36. The smallest absolute Gasteiger partial charge is 0.250 e. The third-order valence-corrected chi connectivity index (χ3v) is 3.41. The molecule has 0 fully saturated rings. The largest absolute Gasteiger partial charge is 0.495 e. The van der Waals surface area contributed by atoms with Crippen LogP contribution in [0.2, 0.25) is 5.02 Å². The zero-order valence-corrected chi connectivity index (χ0v) is 12.5. The van der Waals surface area contributed by atoms with Crippen molar-refractivity contribution in [3.05, 3.63) is 39.9 Å². The van der Waals surface area contributed by atoms with E-state index in [1.807, 2.05) is 13.0 Å². The summed E-state index contributed by atoms with van der Waals surface area (Å²) >= 11 is 7.32. The van der Waals surface area contributed by atoms with Crippen LogP contribution in [0.4, 0.5) is 5.13 Å². The molecule has 0 bridgehead atoms. The number of nitrogens with one attached hydrogen (secondary N) is 1. The van der Waals surface area contributed by atoms with Crippen molar-refractivity contribution in [1.82, 2.24) is 10.2 Å². The van der Waals surface area contributed by atoms with Crippen LogP contribution in [0, 0.1) is 6.92 Å². The molecule has 0 unspecified atom stereocenters. The van der Waals surface area contributed by atoms with Crippen LogP contribution in [0.15, 0.2) is 24.3 Å². The molecule has 2 aromatic rings. The predicted octanol–water partition coefficient (Wildman–Crippen LogP) is 3.16. The summed E-state index contributed by atoms with van der Waals surface area (Å²) in [4.78, 5) is 11.7. The van der Waals surface area contributed by atoms with Crippen LogP contribution in [0.25, 0.3) is 6.08 Å². The van der Waals surface area contributed by atoms with E-state index in [0.29, 0.717) is 15.9 Å². The Bertz CT molecular complexity index is 655. The molecule has 0 aliphatic rings. The van der Waals surface area contributed by atoms with Gasteiger partial charge in [0.15, 0.2) is 0 Å². The fourth-order valence-corrected chi connectivity index (χ4v) is 2.31. The Labute approximate surface area is 125 Å². The topological polar surface area (TPSA) is 64.1 Å². The van der Waals surface area contributed by atoms with E-state index < -0.39 is 0 Å². The Morgan fingerprint density at radius 3 is 2.85 bits per heavy atom. The first kappa shape index (κ1) is 14.5. The molecule has 1 N–H and O–H groups in total. The molecule has 0 atom stereocenters. The minimum Gasteiger partial charge on any atom is -0.495 e. The Kier molecular flexibility index (Phi) is 4.70. The van der Waals surface area contributed by atoms with Crippen molar-refractivity contribution in [1.29, 1.82) is 0 Å². The lowest BCUT2D eigenvalue weighted by atomic mass is 10.2. The Hall–Kier alpha value is -1.92. The third kappa shape index (κ3) is 3.79. The molecule has 2 rings (SSSR count). The first-order chi connectivity index (χ1) is 9.58. The van der Waals surface area contributed by atoms with Crippen molar-refractivity contribution in [2.45, 2.75) is 6.92 Å². The van der Waals surface area contributed by atoms with Gasteiger partial charge in [0.1, 0.15) is 10.8 Å². The molecule has 1 heterocycles. The van der Waals surface area contributed by atoms with Crippen LogP contribution in [0.5, 0.6) is 5.75 Å². The number of rotatable bonds is 4. The summed E-state index contributed by atoms with van der Waals surface area (Å²) in [5, 5.41) is 12.0. The SMILES string of the molecule is COc1ccc(/C=C/C(=O)Nc2nnc(C)s2)cc1Cl. The Morgan fingerprint density at radius 1 is 1.45 bits per heavy atom. The highest BCUT2D eigenvalue weighted by atomic mass is 35.5. The van der Waals surface area contributed by atoms with Gasteiger partial charge >= 0.3 is 0 Å². The highest BCUT2D eigenvalue weighted by molar-refractivity contribution is 7.15. The van der Waals surface area contributed by atoms with E-state index in [2.05, 4.69) is 15.5 Å². The van der Waals surface area contributed by atoms with Gasteiger partial charge < -0.3 is 4.74 Å². The number of carbonyl (C=O) groups excluding carboxylic acids is 1. The van der Waals surface area contributed by atoms with E-state index in [1.165, 1.54) is 17.4 Å². The number of aryl methyl sites for hydroxylation is 1. The number of halogens is 1. The average Bonchev–Trinajstić information content (AvgIpc) is 2.82. The fourth-order valence-electron chi connectivity index (χ4n) is 1.45. The number of methoxy groups -OCH3 is 1. The van der Waals surface area contributed by atoms with Crippen LogP contribution in [-0.4, -0.2) is 23.2 Å². The number of benzene rings is 1. The summed E-state index contributed by atoms with van der Waals surface area (Å²) < 4.78 is 5.06. The second-order valence-corrected chi connectivity index (χ2v) is 5.43. The van der Waals surface area contributed by atoms with Gasteiger partial charge in [0.2, 0.25) is 11.0 Å². The van der Waals surface area contributed by atoms with E-state index in [1.54, 1.807) is 25.3 Å². The maximum Gasteiger partial charge on any atom is 0.250 e.